The molecule has 1 aliphatic heterocycles. The number of carbonyl (C=O) groups is 2. The lowest BCUT2D eigenvalue weighted by atomic mass is 9.71. The van der Waals surface area contributed by atoms with Crippen molar-refractivity contribution in [3.8, 4) is 0 Å². The summed E-state index contributed by atoms with van der Waals surface area (Å²) in [7, 11) is 0. The predicted molar refractivity (Wildman–Crippen MR) is 96.8 cm³/mol. The fraction of sp³-hybridized carbons (Fsp3) is 0.895. The van der Waals surface area contributed by atoms with Crippen LogP contribution in [0.5, 0.6) is 0 Å². The van der Waals surface area contributed by atoms with E-state index in [-0.39, 0.29) is 11.9 Å². The van der Waals surface area contributed by atoms with Crippen LogP contribution in [0.25, 0.3) is 0 Å². The molecular weight excluding hydrogens is 302 g/mol. The molecule has 2 fully saturated rings. The highest BCUT2D eigenvalue weighted by atomic mass is 16.2. The third-order valence-corrected chi connectivity index (χ3v) is 5.77. The van der Waals surface area contributed by atoms with Crippen molar-refractivity contribution in [1.29, 1.82) is 0 Å². The van der Waals surface area contributed by atoms with Crippen LogP contribution in [0.15, 0.2) is 0 Å². The molecule has 24 heavy (non-hydrogen) atoms. The maximum absolute atomic E-state index is 13.3. The molecule has 0 aromatic carbocycles. The molecule has 0 aromatic rings. The molecule has 0 radical (unpaired) electrons. The zero-order valence-electron chi connectivity index (χ0n) is 15.9. The Morgan fingerprint density at radius 3 is 2.33 bits per heavy atom. The first-order valence-corrected chi connectivity index (χ1v) is 9.81. The van der Waals surface area contributed by atoms with Gasteiger partial charge in [-0.15, -0.1) is 0 Å². The Morgan fingerprint density at radius 1 is 1.17 bits per heavy atom. The number of rotatable bonds is 8. The Kier molecular flexibility index (Phi) is 6.67. The van der Waals surface area contributed by atoms with Crippen LogP contribution < -0.4 is 5.32 Å². The molecule has 2 rings (SSSR count). The van der Waals surface area contributed by atoms with Gasteiger partial charge in [0.05, 0.1) is 0 Å². The largest absolute Gasteiger partial charge is 0.325 e. The monoisotopic (exact) mass is 337 g/mol. The number of imide groups is 1. The van der Waals surface area contributed by atoms with E-state index in [1.165, 1.54) is 24.2 Å². The minimum atomic E-state index is -0.658. The molecule has 138 valence electrons. The number of hydrogen-bond acceptors (Lipinski definition) is 3. The second kappa shape index (κ2) is 8.32. The van der Waals surface area contributed by atoms with E-state index in [4.69, 9.17) is 0 Å². The van der Waals surface area contributed by atoms with Crippen LogP contribution in [0, 0.1) is 11.8 Å². The van der Waals surface area contributed by atoms with Gasteiger partial charge in [-0.3, -0.25) is 9.69 Å². The van der Waals surface area contributed by atoms with Gasteiger partial charge in [0.25, 0.3) is 5.91 Å². The molecule has 0 spiro atoms. The zero-order chi connectivity index (χ0) is 17.7. The number of likely N-dealkylation sites (N-methyl/N-ethyl adjacent to an activating group) is 1. The average molecular weight is 338 g/mol. The van der Waals surface area contributed by atoms with E-state index < -0.39 is 5.54 Å². The van der Waals surface area contributed by atoms with Crippen molar-refractivity contribution in [1.82, 2.24) is 15.1 Å². The summed E-state index contributed by atoms with van der Waals surface area (Å²) in [6.07, 6.45) is 6.47. The number of nitrogens with zero attached hydrogens (tertiary/aromatic N) is 2. The van der Waals surface area contributed by atoms with Crippen molar-refractivity contribution in [2.24, 2.45) is 11.8 Å². The van der Waals surface area contributed by atoms with Gasteiger partial charge >= 0.3 is 6.03 Å². The van der Waals surface area contributed by atoms with Crippen molar-refractivity contribution in [3.05, 3.63) is 0 Å². The number of hydrogen-bond donors (Lipinski definition) is 1. The van der Waals surface area contributed by atoms with Crippen molar-refractivity contribution in [3.63, 3.8) is 0 Å². The molecule has 5 heteroatoms. The quantitative estimate of drug-likeness (QED) is 0.692. The van der Waals surface area contributed by atoms with E-state index in [0.29, 0.717) is 18.4 Å². The summed E-state index contributed by atoms with van der Waals surface area (Å²) < 4.78 is 0. The Hall–Kier alpha value is -1.10. The first kappa shape index (κ1) is 19.2. The first-order valence-electron chi connectivity index (χ1n) is 9.81. The van der Waals surface area contributed by atoms with Gasteiger partial charge in [0, 0.05) is 13.1 Å². The van der Waals surface area contributed by atoms with Crippen molar-refractivity contribution in [2.75, 3.05) is 26.2 Å². The molecule has 3 amide bonds. The van der Waals surface area contributed by atoms with Gasteiger partial charge < -0.3 is 10.2 Å². The smallest absolute Gasteiger partial charge is 0.323 e. The number of nitrogens with one attached hydrogen (secondary N) is 1. The SMILES string of the molecule is CCN(CC)CCN1C(=O)NC(CC(C)C)(C2CCCCC2)C1=O. The lowest BCUT2D eigenvalue weighted by molar-refractivity contribution is -0.134. The third kappa shape index (κ3) is 3.93. The molecule has 1 saturated heterocycles. The predicted octanol–water partition coefficient (Wildman–Crippen LogP) is 3.25. The molecule has 1 saturated carbocycles. The van der Waals surface area contributed by atoms with Gasteiger partial charge in [-0.05, 0) is 44.2 Å². The maximum atomic E-state index is 13.3. The molecular formula is C19H35N3O2. The second-order valence-electron chi connectivity index (χ2n) is 7.82. The van der Waals surface area contributed by atoms with E-state index >= 15 is 0 Å². The normalized spacial score (nSPS) is 25.8. The Bertz CT molecular complexity index is 442. The fourth-order valence-electron chi connectivity index (χ4n) is 4.45. The standard InChI is InChI=1S/C19H35N3O2/c1-5-21(6-2)12-13-22-17(23)19(14-15(3)4,20-18(22)24)16-10-8-7-9-11-16/h15-16H,5-14H2,1-4H3,(H,20,24). The molecule has 1 aliphatic carbocycles. The van der Waals surface area contributed by atoms with Gasteiger partial charge in [0.1, 0.15) is 5.54 Å². The Labute approximate surface area is 147 Å². The van der Waals surface area contributed by atoms with Gasteiger partial charge in [-0.1, -0.05) is 47.0 Å². The molecule has 1 heterocycles. The number of amides is 3. The van der Waals surface area contributed by atoms with Crippen LogP contribution in [0.4, 0.5) is 4.79 Å². The highest BCUT2D eigenvalue weighted by Gasteiger charge is 2.55. The Balaban J connectivity index is 2.16. The summed E-state index contributed by atoms with van der Waals surface area (Å²) in [6.45, 7) is 11.7. The summed E-state index contributed by atoms with van der Waals surface area (Å²) >= 11 is 0. The average Bonchev–Trinajstić information content (AvgIpc) is 2.80. The van der Waals surface area contributed by atoms with E-state index in [9.17, 15) is 9.59 Å². The molecule has 1 unspecified atom stereocenters. The molecule has 1 N–H and O–H groups in total. The van der Waals surface area contributed by atoms with Crippen LogP contribution in [0.1, 0.15) is 66.2 Å². The lowest BCUT2D eigenvalue weighted by Crippen LogP contribution is -2.54. The summed E-state index contributed by atoms with van der Waals surface area (Å²) in [5.41, 5.74) is -0.658. The first-order chi connectivity index (χ1) is 11.4. The number of carbonyl (C=O) groups excluding carboxylic acids is 2. The van der Waals surface area contributed by atoms with E-state index in [1.807, 2.05) is 0 Å². The number of urea groups is 1. The second-order valence-corrected chi connectivity index (χ2v) is 7.82. The molecule has 1 atom stereocenters. The zero-order valence-corrected chi connectivity index (χ0v) is 15.9. The fourth-order valence-corrected chi connectivity index (χ4v) is 4.45. The summed E-state index contributed by atoms with van der Waals surface area (Å²) in [5.74, 6) is 0.711. The van der Waals surface area contributed by atoms with Crippen LogP contribution in [0.3, 0.4) is 0 Å². The summed E-state index contributed by atoms with van der Waals surface area (Å²) in [6, 6.07) is -0.182. The molecule has 5 nitrogen and oxygen atoms in total. The van der Waals surface area contributed by atoms with Gasteiger partial charge in [0.15, 0.2) is 0 Å². The van der Waals surface area contributed by atoms with Crippen LogP contribution in [0.2, 0.25) is 0 Å². The van der Waals surface area contributed by atoms with Crippen molar-refractivity contribution >= 4 is 11.9 Å². The van der Waals surface area contributed by atoms with Crippen LogP contribution >= 0.6 is 0 Å². The van der Waals surface area contributed by atoms with Gasteiger partial charge in [-0.25, -0.2) is 4.79 Å². The molecule has 0 aromatic heterocycles. The van der Waals surface area contributed by atoms with Gasteiger partial charge in [0.2, 0.25) is 0 Å². The van der Waals surface area contributed by atoms with E-state index in [0.717, 1.165) is 38.9 Å². The molecule has 0 bridgehead atoms. The summed E-state index contributed by atoms with van der Waals surface area (Å²) in [4.78, 5) is 29.6. The van der Waals surface area contributed by atoms with E-state index in [2.05, 4.69) is 37.9 Å². The minimum absolute atomic E-state index is 0.0280. The van der Waals surface area contributed by atoms with Crippen LogP contribution in [-0.2, 0) is 4.79 Å². The van der Waals surface area contributed by atoms with Crippen molar-refractivity contribution < 1.29 is 9.59 Å². The highest BCUT2D eigenvalue weighted by molar-refractivity contribution is 6.07. The lowest BCUT2D eigenvalue weighted by Gasteiger charge is -2.38. The maximum Gasteiger partial charge on any atom is 0.325 e. The van der Waals surface area contributed by atoms with E-state index in [1.54, 1.807) is 0 Å². The van der Waals surface area contributed by atoms with Crippen LogP contribution in [-0.4, -0.2) is 53.5 Å². The van der Waals surface area contributed by atoms with Gasteiger partial charge in [-0.2, -0.15) is 0 Å². The molecule has 2 aliphatic rings. The minimum Gasteiger partial charge on any atom is -0.323 e. The Morgan fingerprint density at radius 2 is 1.79 bits per heavy atom. The van der Waals surface area contributed by atoms with Crippen molar-refractivity contribution in [2.45, 2.75) is 71.8 Å². The topological polar surface area (TPSA) is 52.6 Å². The third-order valence-electron chi connectivity index (χ3n) is 5.77. The summed E-state index contributed by atoms with van der Waals surface area (Å²) in [5, 5.41) is 3.15. The highest BCUT2D eigenvalue weighted by Crippen LogP contribution is 2.40.